The highest BCUT2D eigenvalue weighted by molar-refractivity contribution is 7.89. The first-order chi connectivity index (χ1) is 15.8. The fourth-order valence-corrected chi connectivity index (χ4v) is 5.76. The van der Waals surface area contributed by atoms with Gasteiger partial charge in [-0.2, -0.15) is 4.31 Å². The van der Waals surface area contributed by atoms with Gasteiger partial charge < -0.3 is 15.6 Å². The van der Waals surface area contributed by atoms with Crippen LogP contribution in [0.1, 0.15) is 31.7 Å². The molecule has 3 N–H and O–H groups in total. The van der Waals surface area contributed by atoms with Crippen molar-refractivity contribution in [1.82, 2.24) is 14.6 Å². The first kappa shape index (κ1) is 23.0. The summed E-state index contributed by atoms with van der Waals surface area (Å²) in [6, 6.07) is 13.2. The number of sulfonamides is 1. The van der Waals surface area contributed by atoms with Gasteiger partial charge in [-0.3, -0.25) is 9.59 Å². The Hall–Kier alpha value is -3.17. The molecule has 174 valence electrons. The van der Waals surface area contributed by atoms with E-state index in [0.29, 0.717) is 25.2 Å². The second kappa shape index (κ2) is 9.76. The van der Waals surface area contributed by atoms with Crippen LogP contribution in [-0.2, 0) is 26.0 Å². The second-order valence-electron chi connectivity index (χ2n) is 8.30. The summed E-state index contributed by atoms with van der Waals surface area (Å²) in [5.74, 6) is -0.737. The third-order valence-corrected chi connectivity index (χ3v) is 7.74. The molecule has 0 aliphatic carbocycles. The van der Waals surface area contributed by atoms with Crippen molar-refractivity contribution in [2.45, 2.75) is 43.5 Å². The van der Waals surface area contributed by atoms with Gasteiger partial charge in [0, 0.05) is 49.2 Å². The maximum absolute atomic E-state index is 13.1. The van der Waals surface area contributed by atoms with Crippen LogP contribution in [0.3, 0.4) is 0 Å². The number of amides is 2. The molecule has 1 saturated heterocycles. The number of piperidine rings is 1. The number of anilines is 1. The fraction of sp³-hybridized carbons (Fsp3) is 0.333. The highest BCUT2D eigenvalue weighted by Gasteiger charge is 2.27. The molecule has 1 fully saturated rings. The SMILES string of the molecule is CC(=O)NC(Cc1c[nH]c2ccccc12)C(=O)Nc1cccc(S(=O)(=O)N2CCCCC2)c1. The molecule has 0 spiro atoms. The number of aromatic amines is 1. The molecule has 2 heterocycles. The van der Waals surface area contributed by atoms with Crippen molar-refractivity contribution in [3.05, 3.63) is 60.3 Å². The van der Waals surface area contributed by atoms with Gasteiger partial charge in [0.25, 0.3) is 0 Å². The molecule has 4 rings (SSSR count). The molecule has 33 heavy (non-hydrogen) atoms. The lowest BCUT2D eigenvalue weighted by atomic mass is 10.0. The zero-order valence-electron chi connectivity index (χ0n) is 18.5. The van der Waals surface area contributed by atoms with Gasteiger partial charge in [-0.25, -0.2) is 8.42 Å². The van der Waals surface area contributed by atoms with Crippen molar-refractivity contribution in [3.8, 4) is 0 Å². The first-order valence-corrected chi connectivity index (χ1v) is 12.5. The quantitative estimate of drug-likeness (QED) is 0.495. The molecule has 1 aromatic heterocycles. The van der Waals surface area contributed by atoms with Crippen molar-refractivity contribution < 1.29 is 18.0 Å². The molecule has 0 radical (unpaired) electrons. The van der Waals surface area contributed by atoms with E-state index in [1.54, 1.807) is 12.1 Å². The van der Waals surface area contributed by atoms with Crippen LogP contribution in [0.2, 0.25) is 0 Å². The number of fused-ring (bicyclic) bond motifs is 1. The van der Waals surface area contributed by atoms with E-state index in [1.165, 1.54) is 23.4 Å². The van der Waals surface area contributed by atoms with Crippen LogP contribution >= 0.6 is 0 Å². The van der Waals surface area contributed by atoms with Gasteiger partial charge in [0.15, 0.2) is 0 Å². The summed E-state index contributed by atoms with van der Waals surface area (Å²) >= 11 is 0. The number of carbonyl (C=O) groups excluding carboxylic acids is 2. The predicted octanol–water partition coefficient (Wildman–Crippen LogP) is 3.03. The van der Waals surface area contributed by atoms with Crippen LogP contribution in [-0.4, -0.2) is 48.7 Å². The van der Waals surface area contributed by atoms with Crippen molar-refractivity contribution in [3.63, 3.8) is 0 Å². The molecule has 3 aromatic rings. The Bertz CT molecular complexity index is 1260. The van der Waals surface area contributed by atoms with Gasteiger partial charge in [-0.05, 0) is 42.7 Å². The predicted molar refractivity (Wildman–Crippen MR) is 127 cm³/mol. The standard InChI is InChI=1S/C24H28N4O4S/c1-17(29)26-23(14-18-16-25-22-11-4-3-10-21(18)22)24(30)27-19-8-7-9-20(15-19)33(31,32)28-12-5-2-6-13-28/h3-4,7-11,15-16,23,25H,2,5-6,12-14H2,1H3,(H,26,29)(H,27,30). The lowest BCUT2D eigenvalue weighted by Crippen LogP contribution is -2.44. The Morgan fingerprint density at radius 3 is 2.58 bits per heavy atom. The number of para-hydroxylation sites is 1. The average molecular weight is 469 g/mol. The van der Waals surface area contributed by atoms with E-state index in [4.69, 9.17) is 0 Å². The Labute approximate surface area is 193 Å². The van der Waals surface area contributed by atoms with Crippen LogP contribution in [0.15, 0.2) is 59.6 Å². The maximum atomic E-state index is 13.1. The van der Waals surface area contributed by atoms with Crippen LogP contribution in [0.5, 0.6) is 0 Å². The van der Waals surface area contributed by atoms with Crippen LogP contribution in [0, 0.1) is 0 Å². The van der Waals surface area contributed by atoms with Crippen LogP contribution in [0.25, 0.3) is 10.9 Å². The summed E-state index contributed by atoms with van der Waals surface area (Å²) in [7, 11) is -3.62. The lowest BCUT2D eigenvalue weighted by molar-refractivity contribution is -0.125. The minimum atomic E-state index is -3.62. The smallest absolute Gasteiger partial charge is 0.247 e. The molecular weight excluding hydrogens is 440 g/mol. The molecule has 1 aliphatic heterocycles. The second-order valence-corrected chi connectivity index (χ2v) is 10.2. The number of hydrogen-bond acceptors (Lipinski definition) is 4. The number of carbonyl (C=O) groups is 2. The summed E-state index contributed by atoms with van der Waals surface area (Å²) in [6.07, 6.45) is 4.85. The molecule has 1 atom stereocenters. The molecule has 0 saturated carbocycles. The zero-order chi connectivity index (χ0) is 23.4. The largest absolute Gasteiger partial charge is 0.361 e. The Morgan fingerprint density at radius 1 is 1.06 bits per heavy atom. The van der Waals surface area contributed by atoms with Gasteiger partial charge in [0.2, 0.25) is 21.8 Å². The van der Waals surface area contributed by atoms with Gasteiger partial charge in [-0.1, -0.05) is 30.7 Å². The van der Waals surface area contributed by atoms with Gasteiger partial charge >= 0.3 is 0 Å². The number of aromatic nitrogens is 1. The number of hydrogen-bond donors (Lipinski definition) is 3. The monoisotopic (exact) mass is 468 g/mol. The maximum Gasteiger partial charge on any atom is 0.247 e. The number of H-pyrrole nitrogens is 1. The molecule has 0 bridgehead atoms. The Kier molecular flexibility index (Phi) is 6.80. The summed E-state index contributed by atoms with van der Waals surface area (Å²) in [5.41, 5.74) is 2.22. The van der Waals surface area contributed by atoms with E-state index in [-0.39, 0.29) is 10.8 Å². The molecule has 9 heteroatoms. The lowest BCUT2D eigenvalue weighted by Gasteiger charge is -2.26. The normalized spacial score (nSPS) is 15.8. The van der Waals surface area contributed by atoms with E-state index in [2.05, 4.69) is 15.6 Å². The molecule has 2 amide bonds. The molecule has 8 nitrogen and oxygen atoms in total. The van der Waals surface area contributed by atoms with Gasteiger partial charge in [-0.15, -0.1) is 0 Å². The Morgan fingerprint density at radius 2 is 1.82 bits per heavy atom. The summed E-state index contributed by atoms with van der Waals surface area (Å²) in [6.45, 7) is 2.38. The van der Waals surface area contributed by atoms with Crippen molar-refractivity contribution in [2.75, 3.05) is 18.4 Å². The number of nitrogens with zero attached hydrogens (tertiary/aromatic N) is 1. The van der Waals surface area contributed by atoms with E-state index in [0.717, 1.165) is 35.7 Å². The van der Waals surface area contributed by atoms with Gasteiger partial charge in [0.1, 0.15) is 6.04 Å². The zero-order valence-corrected chi connectivity index (χ0v) is 19.3. The summed E-state index contributed by atoms with van der Waals surface area (Å²) in [4.78, 5) is 28.2. The van der Waals surface area contributed by atoms with Crippen molar-refractivity contribution in [1.29, 1.82) is 0 Å². The van der Waals surface area contributed by atoms with Crippen molar-refractivity contribution >= 4 is 38.4 Å². The van der Waals surface area contributed by atoms with Crippen molar-refractivity contribution in [2.24, 2.45) is 0 Å². The van der Waals surface area contributed by atoms with E-state index in [9.17, 15) is 18.0 Å². The molecule has 1 aliphatic rings. The van der Waals surface area contributed by atoms with Crippen LogP contribution < -0.4 is 10.6 Å². The topological polar surface area (TPSA) is 111 Å². The third kappa shape index (κ3) is 5.26. The minimum absolute atomic E-state index is 0.148. The summed E-state index contributed by atoms with van der Waals surface area (Å²) in [5, 5.41) is 6.47. The van der Waals surface area contributed by atoms with E-state index in [1.807, 2.05) is 30.5 Å². The number of nitrogens with one attached hydrogen (secondary N) is 3. The fourth-order valence-electron chi connectivity index (χ4n) is 4.19. The van der Waals surface area contributed by atoms with Crippen LogP contribution in [0.4, 0.5) is 5.69 Å². The Balaban J connectivity index is 1.53. The number of benzene rings is 2. The molecule has 1 unspecified atom stereocenters. The minimum Gasteiger partial charge on any atom is -0.361 e. The molecule has 2 aromatic carbocycles. The highest BCUT2D eigenvalue weighted by atomic mass is 32.2. The van der Waals surface area contributed by atoms with E-state index < -0.39 is 22.0 Å². The summed E-state index contributed by atoms with van der Waals surface area (Å²) < 4.78 is 27.5. The third-order valence-electron chi connectivity index (χ3n) is 5.85. The average Bonchev–Trinajstić information content (AvgIpc) is 3.22. The first-order valence-electron chi connectivity index (χ1n) is 11.1. The van der Waals surface area contributed by atoms with E-state index >= 15 is 0 Å². The number of rotatable bonds is 7. The highest BCUT2D eigenvalue weighted by Crippen LogP contribution is 2.24. The molecular formula is C24H28N4O4S. The van der Waals surface area contributed by atoms with Gasteiger partial charge in [0.05, 0.1) is 4.90 Å².